The zero-order chi connectivity index (χ0) is 14.8. The van der Waals surface area contributed by atoms with E-state index in [1.54, 1.807) is 7.05 Å². The van der Waals surface area contributed by atoms with Gasteiger partial charge in [-0.15, -0.1) is 24.0 Å². The van der Waals surface area contributed by atoms with Crippen LogP contribution in [0, 0.1) is 17.8 Å². The number of rotatable bonds is 2. The first-order chi connectivity index (χ1) is 9.39. The van der Waals surface area contributed by atoms with Gasteiger partial charge < -0.3 is 10.2 Å². The Morgan fingerprint density at radius 3 is 2.38 bits per heavy atom. The number of aliphatic imine (C=N–C) groups is 1. The van der Waals surface area contributed by atoms with Gasteiger partial charge in [0, 0.05) is 26.7 Å². The second-order valence-electron chi connectivity index (χ2n) is 6.55. The van der Waals surface area contributed by atoms with Crippen molar-refractivity contribution in [2.75, 3.05) is 38.2 Å². The second-order valence-corrected chi connectivity index (χ2v) is 8.78. The molecule has 1 N–H and O–H groups in total. The SMILES string of the molecule is CN=C(NCC1CCS(=O)(=O)C1)N1CC(C)CC(C)C1.I. The third-order valence-electron chi connectivity index (χ3n) is 4.26. The number of nitrogens with one attached hydrogen (secondary N) is 1. The van der Waals surface area contributed by atoms with Gasteiger partial charge in [0.1, 0.15) is 0 Å². The molecule has 0 radical (unpaired) electrons. The van der Waals surface area contributed by atoms with Gasteiger partial charge in [-0.1, -0.05) is 13.8 Å². The maximum atomic E-state index is 11.5. The highest BCUT2D eigenvalue weighted by Gasteiger charge is 2.29. The summed E-state index contributed by atoms with van der Waals surface area (Å²) >= 11 is 0. The van der Waals surface area contributed by atoms with Crippen molar-refractivity contribution >= 4 is 39.8 Å². The van der Waals surface area contributed by atoms with Gasteiger partial charge >= 0.3 is 0 Å². The van der Waals surface area contributed by atoms with E-state index in [1.165, 1.54) is 6.42 Å². The summed E-state index contributed by atoms with van der Waals surface area (Å²) in [6.07, 6.45) is 2.05. The van der Waals surface area contributed by atoms with Crippen molar-refractivity contribution in [3.63, 3.8) is 0 Å². The maximum Gasteiger partial charge on any atom is 0.193 e. The van der Waals surface area contributed by atoms with Crippen LogP contribution in [-0.2, 0) is 9.84 Å². The van der Waals surface area contributed by atoms with E-state index in [-0.39, 0.29) is 29.9 Å². The second kappa shape index (κ2) is 7.99. The van der Waals surface area contributed by atoms with Crippen LogP contribution >= 0.6 is 24.0 Å². The third-order valence-corrected chi connectivity index (χ3v) is 6.09. The Bertz CT molecular complexity index is 457. The normalized spacial score (nSPS) is 32.6. The maximum absolute atomic E-state index is 11.5. The van der Waals surface area contributed by atoms with Crippen molar-refractivity contribution in [2.45, 2.75) is 26.7 Å². The number of piperidine rings is 1. The Morgan fingerprint density at radius 1 is 1.29 bits per heavy atom. The predicted octanol–water partition coefficient (Wildman–Crippen LogP) is 1.59. The first-order valence-corrected chi connectivity index (χ1v) is 9.37. The van der Waals surface area contributed by atoms with Gasteiger partial charge in [-0.3, -0.25) is 4.99 Å². The van der Waals surface area contributed by atoms with E-state index < -0.39 is 9.84 Å². The zero-order valence-electron chi connectivity index (χ0n) is 13.2. The average Bonchev–Trinajstić information content (AvgIpc) is 2.68. The molecule has 7 heteroatoms. The number of halogens is 1. The highest BCUT2D eigenvalue weighted by atomic mass is 127. The fourth-order valence-electron chi connectivity index (χ4n) is 3.44. The molecule has 2 rings (SSSR count). The first kappa shape index (κ1) is 19.0. The molecule has 0 saturated carbocycles. The Morgan fingerprint density at radius 2 is 1.90 bits per heavy atom. The van der Waals surface area contributed by atoms with E-state index in [0.717, 1.165) is 25.5 Å². The van der Waals surface area contributed by atoms with E-state index in [4.69, 9.17) is 0 Å². The van der Waals surface area contributed by atoms with Crippen LogP contribution in [0.4, 0.5) is 0 Å². The van der Waals surface area contributed by atoms with Crippen LogP contribution in [0.1, 0.15) is 26.7 Å². The van der Waals surface area contributed by atoms with E-state index in [1.807, 2.05) is 0 Å². The Labute approximate surface area is 145 Å². The highest BCUT2D eigenvalue weighted by Crippen LogP contribution is 2.21. The molecule has 2 heterocycles. The first-order valence-electron chi connectivity index (χ1n) is 7.55. The van der Waals surface area contributed by atoms with Crippen LogP contribution in [0.3, 0.4) is 0 Å². The fraction of sp³-hybridized carbons (Fsp3) is 0.929. The molecular formula is C14H28IN3O2S. The number of sulfone groups is 1. The van der Waals surface area contributed by atoms with Crippen LogP contribution in [0.15, 0.2) is 4.99 Å². The summed E-state index contributed by atoms with van der Waals surface area (Å²) in [7, 11) is -0.983. The average molecular weight is 429 g/mol. The topological polar surface area (TPSA) is 61.8 Å². The molecule has 3 unspecified atom stereocenters. The molecule has 2 aliphatic rings. The standard InChI is InChI=1S/C14H27N3O2S.HI/c1-11-6-12(2)9-17(8-11)14(15-3)16-7-13-4-5-20(18,19)10-13;/h11-13H,4-10H2,1-3H3,(H,15,16);1H. The minimum absolute atomic E-state index is 0. The van der Waals surface area contributed by atoms with Crippen molar-refractivity contribution in [1.29, 1.82) is 0 Å². The van der Waals surface area contributed by atoms with Gasteiger partial charge in [-0.25, -0.2) is 8.42 Å². The molecule has 0 aromatic carbocycles. The van der Waals surface area contributed by atoms with Gasteiger partial charge in [0.2, 0.25) is 0 Å². The van der Waals surface area contributed by atoms with Crippen LogP contribution < -0.4 is 5.32 Å². The van der Waals surface area contributed by atoms with Crippen LogP contribution in [0.25, 0.3) is 0 Å². The van der Waals surface area contributed by atoms with Gasteiger partial charge in [0.25, 0.3) is 0 Å². The molecule has 3 atom stereocenters. The molecule has 2 fully saturated rings. The molecular weight excluding hydrogens is 401 g/mol. The number of hydrogen-bond acceptors (Lipinski definition) is 3. The lowest BCUT2D eigenvalue weighted by Crippen LogP contribution is -2.49. The van der Waals surface area contributed by atoms with Gasteiger partial charge in [0.15, 0.2) is 15.8 Å². The smallest absolute Gasteiger partial charge is 0.193 e. The molecule has 2 aliphatic heterocycles. The summed E-state index contributed by atoms with van der Waals surface area (Å²) in [6, 6.07) is 0. The van der Waals surface area contributed by atoms with Gasteiger partial charge in [0.05, 0.1) is 11.5 Å². The van der Waals surface area contributed by atoms with E-state index in [2.05, 4.69) is 29.1 Å². The van der Waals surface area contributed by atoms with Crippen molar-refractivity contribution in [2.24, 2.45) is 22.7 Å². The molecule has 0 spiro atoms. The number of hydrogen-bond donors (Lipinski definition) is 1. The van der Waals surface area contributed by atoms with E-state index in [0.29, 0.717) is 29.9 Å². The summed E-state index contributed by atoms with van der Waals surface area (Å²) in [6.45, 7) is 7.34. The lowest BCUT2D eigenvalue weighted by molar-refractivity contribution is 0.208. The molecule has 124 valence electrons. The van der Waals surface area contributed by atoms with Crippen molar-refractivity contribution < 1.29 is 8.42 Å². The highest BCUT2D eigenvalue weighted by molar-refractivity contribution is 14.0. The Hall–Kier alpha value is -0.0500. The molecule has 0 aromatic heterocycles. The molecule has 0 bridgehead atoms. The molecule has 2 saturated heterocycles. The third kappa shape index (κ3) is 5.58. The number of guanidine groups is 1. The summed E-state index contributed by atoms with van der Waals surface area (Å²) in [5.41, 5.74) is 0. The van der Waals surface area contributed by atoms with Crippen molar-refractivity contribution in [3.05, 3.63) is 0 Å². The van der Waals surface area contributed by atoms with E-state index in [9.17, 15) is 8.42 Å². The van der Waals surface area contributed by atoms with Crippen LogP contribution in [0.5, 0.6) is 0 Å². The quantitative estimate of drug-likeness (QED) is 0.412. The monoisotopic (exact) mass is 429 g/mol. The fourth-order valence-corrected chi connectivity index (χ4v) is 5.30. The molecule has 0 amide bonds. The summed E-state index contributed by atoms with van der Waals surface area (Å²) in [5.74, 6) is 3.19. The Balaban J connectivity index is 0.00000220. The summed E-state index contributed by atoms with van der Waals surface area (Å²) in [5, 5.41) is 3.37. The number of nitrogens with zero attached hydrogens (tertiary/aromatic N) is 2. The lowest BCUT2D eigenvalue weighted by Gasteiger charge is -2.37. The molecule has 0 aliphatic carbocycles. The molecule has 5 nitrogen and oxygen atoms in total. The van der Waals surface area contributed by atoms with Crippen LogP contribution in [-0.4, -0.2) is 57.5 Å². The van der Waals surface area contributed by atoms with E-state index >= 15 is 0 Å². The molecule has 21 heavy (non-hydrogen) atoms. The van der Waals surface area contributed by atoms with Crippen molar-refractivity contribution in [1.82, 2.24) is 10.2 Å². The summed E-state index contributed by atoms with van der Waals surface area (Å²) < 4.78 is 22.9. The predicted molar refractivity (Wildman–Crippen MR) is 98.1 cm³/mol. The van der Waals surface area contributed by atoms with Gasteiger partial charge in [-0.2, -0.15) is 0 Å². The zero-order valence-corrected chi connectivity index (χ0v) is 16.4. The van der Waals surface area contributed by atoms with Crippen molar-refractivity contribution in [3.8, 4) is 0 Å². The van der Waals surface area contributed by atoms with Crippen LogP contribution in [0.2, 0.25) is 0 Å². The minimum Gasteiger partial charge on any atom is -0.356 e. The number of likely N-dealkylation sites (tertiary alicyclic amines) is 1. The molecule has 0 aromatic rings. The van der Waals surface area contributed by atoms with Gasteiger partial charge in [-0.05, 0) is 30.6 Å². The Kier molecular flexibility index (Phi) is 7.23. The largest absolute Gasteiger partial charge is 0.356 e. The lowest BCUT2D eigenvalue weighted by atomic mass is 9.92. The minimum atomic E-state index is -2.79. The summed E-state index contributed by atoms with van der Waals surface area (Å²) in [4.78, 5) is 6.67.